The first-order chi connectivity index (χ1) is 11.4. The largest absolute Gasteiger partial charge is 0.491 e. The third kappa shape index (κ3) is 5.89. The summed E-state index contributed by atoms with van der Waals surface area (Å²) in [6.45, 7) is 6.29. The molecule has 0 unspecified atom stereocenters. The zero-order chi connectivity index (χ0) is 17.5. The minimum atomic E-state index is -0.171. The Morgan fingerprint density at radius 2 is 1.75 bits per heavy atom. The monoisotopic (exact) mass is 391 g/mol. The van der Waals surface area contributed by atoms with E-state index >= 15 is 0 Å². The summed E-state index contributed by atoms with van der Waals surface area (Å²) in [4.78, 5) is 11.9. The summed E-state index contributed by atoms with van der Waals surface area (Å²) in [5.41, 5.74) is 2.25. The molecule has 0 saturated carbocycles. The Kier molecular flexibility index (Phi) is 6.67. The second-order valence-corrected chi connectivity index (χ2v) is 6.65. The van der Waals surface area contributed by atoms with Gasteiger partial charge in [-0.1, -0.05) is 33.6 Å². The number of hydrogen-bond donors (Lipinski definition) is 1. The minimum Gasteiger partial charge on any atom is -0.491 e. The molecule has 2 aromatic rings. The summed E-state index contributed by atoms with van der Waals surface area (Å²) in [5, 5.41) is 2.86. The average Bonchev–Trinajstić information content (AvgIpc) is 2.55. The normalized spacial score (nSPS) is 11.7. The van der Waals surface area contributed by atoms with E-state index in [1.807, 2.05) is 63.2 Å². The molecule has 0 aliphatic carbocycles. The summed E-state index contributed by atoms with van der Waals surface area (Å²) in [6, 6.07) is 13.3. The van der Waals surface area contributed by atoms with E-state index in [0.717, 1.165) is 15.8 Å². The summed E-state index contributed by atoms with van der Waals surface area (Å²) in [6.07, 6.45) is 0. The fraction of sp³-hybridized carbons (Fsp3) is 0.316. The van der Waals surface area contributed by atoms with Crippen LogP contribution in [0.15, 0.2) is 46.9 Å². The zero-order valence-corrected chi connectivity index (χ0v) is 15.7. The number of ether oxygens (including phenoxy) is 2. The molecule has 1 N–H and O–H groups in total. The molecule has 0 saturated heterocycles. The number of carbonyl (C=O) groups excluding carboxylic acids is 1. The molecule has 0 fully saturated rings. The zero-order valence-electron chi connectivity index (χ0n) is 14.1. The number of benzene rings is 2. The molecule has 1 atom stereocenters. The maximum Gasteiger partial charge on any atom is 0.258 e. The van der Waals surface area contributed by atoms with Gasteiger partial charge in [0, 0.05) is 4.47 Å². The maximum atomic E-state index is 11.9. The van der Waals surface area contributed by atoms with E-state index in [1.54, 1.807) is 0 Å². The molecule has 5 heteroatoms. The van der Waals surface area contributed by atoms with Crippen molar-refractivity contribution in [3.63, 3.8) is 0 Å². The molecule has 0 aliphatic heterocycles. The number of nitrogens with one attached hydrogen (secondary N) is 1. The number of halogens is 1. The van der Waals surface area contributed by atoms with Crippen LogP contribution < -0.4 is 14.8 Å². The van der Waals surface area contributed by atoms with Gasteiger partial charge in [-0.05, 0) is 56.7 Å². The molecule has 0 bridgehead atoms. The molecule has 1 amide bonds. The van der Waals surface area contributed by atoms with E-state index in [9.17, 15) is 4.79 Å². The first-order valence-corrected chi connectivity index (χ1v) is 8.61. The predicted octanol–water partition coefficient (Wildman–Crippen LogP) is 4.03. The molecule has 4 nitrogen and oxygen atoms in total. The molecule has 0 aliphatic rings. The number of aryl methyl sites for hydroxylation is 2. The third-order valence-corrected chi connectivity index (χ3v) is 4.32. The highest BCUT2D eigenvalue weighted by Crippen LogP contribution is 2.21. The highest BCUT2D eigenvalue weighted by atomic mass is 79.9. The van der Waals surface area contributed by atoms with Gasteiger partial charge in [0.15, 0.2) is 6.61 Å². The average molecular weight is 392 g/mol. The Morgan fingerprint density at radius 1 is 1.08 bits per heavy atom. The Hall–Kier alpha value is -2.01. The van der Waals surface area contributed by atoms with Gasteiger partial charge in [-0.25, -0.2) is 0 Å². The Labute approximate surface area is 151 Å². The molecule has 0 radical (unpaired) electrons. The fourth-order valence-electron chi connectivity index (χ4n) is 2.07. The molecule has 128 valence electrons. The van der Waals surface area contributed by atoms with Crippen LogP contribution in [0.5, 0.6) is 11.5 Å². The van der Waals surface area contributed by atoms with E-state index in [-0.39, 0.29) is 18.6 Å². The van der Waals surface area contributed by atoms with Crippen molar-refractivity contribution in [1.29, 1.82) is 0 Å². The SMILES string of the molecule is Cc1ccc(OC[C@H](C)NC(=O)COc2ccc(Br)c(C)c2)cc1. The number of amides is 1. The van der Waals surface area contributed by atoms with Gasteiger partial charge >= 0.3 is 0 Å². The molecular formula is C19H22BrNO3. The van der Waals surface area contributed by atoms with E-state index in [2.05, 4.69) is 21.2 Å². The Balaban J connectivity index is 1.72. The van der Waals surface area contributed by atoms with Gasteiger partial charge in [-0.15, -0.1) is 0 Å². The smallest absolute Gasteiger partial charge is 0.258 e. The molecule has 2 aromatic carbocycles. The predicted molar refractivity (Wildman–Crippen MR) is 98.7 cm³/mol. The fourth-order valence-corrected chi connectivity index (χ4v) is 2.32. The lowest BCUT2D eigenvalue weighted by atomic mass is 10.2. The first-order valence-electron chi connectivity index (χ1n) is 7.82. The van der Waals surface area contributed by atoms with Crippen molar-refractivity contribution in [2.75, 3.05) is 13.2 Å². The lowest BCUT2D eigenvalue weighted by molar-refractivity contribution is -0.123. The van der Waals surface area contributed by atoms with Crippen molar-refractivity contribution in [3.8, 4) is 11.5 Å². The van der Waals surface area contributed by atoms with Crippen LogP contribution in [0.25, 0.3) is 0 Å². The Bertz CT molecular complexity index is 686. The lowest BCUT2D eigenvalue weighted by Crippen LogP contribution is -2.39. The maximum absolute atomic E-state index is 11.9. The van der Waals surface area contributed by atoms with Crippen molar-refractivity contribution in [2.45, 2.75) is 26.8 Å². The molecule has 2 rings (SSSR count). The lowest BCUT2D eigenvalue weighted by Gasteiger charge is -2.15. The van der Waals surface area contributed by atoms with Crippen molar-refractivity contribution in [2.24, 2.45) is 0 Å². The van der Waals surface area contributed by atoms with Crippen LogP contribution >= 0.6 is 15.9 Å². The van der Waals surface area contributed by atoms with Gasteiger partial charge in [-0.3, -0.25) is 4.79 Å². The van der Waals surface area contributed by atoms with E-state index < -0.39 is 0 Å². The van der Waals surface area contributed by atoms with Crippen LogP contribution in [0.2, 0.25) is 0 Å². The van der Waals surface area contributed by atoms with Crippen molar-refractivity contribution >= 4 is 21.8 Å². The minimum absolute atomic E-state index is 0.0179. The topological polar surface area (TPSA) is 47.6 Å². The van der Waals surface area contributed by atoms with Gasteiger partial charge in [0.25, 0.3) is 5.91 Å². The van der Waals surface area contributed by atoms with Crippen LogP contribution in [0.1, 0.15) is 18.1 Å². The molecule has 0 heterocycles. The summed E-state index contributed by atoms with van der Waals surface area (Å²) in [7, 11) is 0. The van der Waals surface area contributed by atoms with Gasteiger partial charge < -0.3 is 14.8 Å². The van der Waals surface area contributed by atoms with Gasteiger partial charge in [0.1, 0.15) is 18.1 Å². The van der Waals surface area contributed by atoms with E-state index in [4.69, 9.17) is 9.47 Å². The number of rotatable bonds is 7. The molecular weight excluding hydrogens is 370 g/mol. The second kappa shape index (κ2) is 8.73. The van der Waals surface area contributed by atoms with Gasteiger partial charge in [0.2, 0.25) is 0 Å². The summed E-state index contributed by atoms with van der Waals surface area (Å²) >= 11 is 3.43. The Morgan fingerprint density at radius 3 is 2.42 bits per heavy atom. The number of hydrogen-bond acceptors (Lipinski definition) is 3. The van der Waals surface area contributed by atoms with Gasteiger partial charge in [0.05, 0.1) is 6.04 Å². The number of carbonyl (C=O) groups is 1. The van der Waals surface area contributed by atoms with Crippen molar-refractivity contribution in [1.82, 2.24) is 5.32 Å². The van der Waals surface area contributed by atoms with Gasteiger partial charge in [-0.2, -0.15) is 0 Å². The summed E-state index contributed by atoms with van der Waals surface area (Å²) in [5.74, 6) is 1.30. The standard InChI is InChI=1S/C19H22BrNO3/c1-13-4-6-16(7-5-13)23-11-15(3)21-19(22)12-24-17-8-9-18(20)14(2)10-17/h4-10,15H,11-12H2,1-3H3,(H,21,22)/t15-/m0/s1. The van der Waals surface area contributed by atoms with E-state index in [1.165, 1.54) is 5.56 Å². The van der Waals surface area contributed by atoms with Crippen LogP contribution in [0, 0.1) is 13.8 Å². The van der Waals surface area contributed by atoms with Crippen LogP contribution in [-0.2, 0) is 4.79 Å². The van der Waals surface area contributed by atoms with Crippen LogP contribution in [-0.4, -0.2) is 25.2 Å². The van der Waals surface area contributed by atoms with Crippen LogP contribution in [0.4, 0.5) is 0 Å². The first kappa shape index (κ1) is 18.3. The summed E-state index contributed by atoms with van der Waals surface area (Å²) < 4.78 is 12.2. The second-order valence-electron chi connectivity index (χ2n) is 5.79. The van der Waals surface area contributed by atoms with E-state index in [0.29, 0.717) is 12.4 Å². The van der Waals surface area contributed by atoms with Crippen molar-refractivity contribution < 1.29 is 14.3 Å². The highest BCUT2D eigenvalue weighted by molar-refractivity contribution is 9.10. The quantitative estimate of drug-likeness (QED) is 0.774. The van der Waals surface area contributed by atoms with Crippen molar-refractivity contribution in [3.05, 3.63) is 58.1 Å². The third-order valence-electron chi connectivity index (χ3n) is 3.43. The molecule has 0 aromatic heterocycles. The molecule has 24 heavy (non-hydrogen) atoms. The highest BCUT2D eigenvalue weighted by Gasteiger charge is 2.09. The molecule has 0 spiro atoms. The van der Waals surface area contributed by atoms with Crippen LogP contribution in [0.3, 0.4) is 0 Å².